The number of esters is 3. The molecule has 52 heavy (non-hydrogen) atoms. The van der Waals surface area contributed by atoms with Crippen molar-refractivity contribution in [3.63, 3.8) is 0 Å². The van der Waals surface area contributed by atoms with Crippen LogP contribution in [0, 0.1) is 34.5 Å². The van der Waals surface area contributed by atoms with Gasteiger partial charge in [0.05, 0.1) is 28.2 Å². The fourth-order valence-electron chi connectivity index (χ4n) is 5.37. The Balaban J connectivity index is 0.000000300. The van der Waals surface area contributed by atoms with E-state index in [1.807, 2.05) is 62.4 Å². The summed E-state index contributed by atoms with van der Waals surface area (Å²) in [5, 5.41) is 17.7. The number of carbonyl (C=O) groups is 5. The third kappa shape index (κ3) is 12.2. The van der Waals surface area contributed by atoms with Crippen molar-refractivity contribution in [1.82, 2.24) is 0 Å². The zero-order chi connectivity index (χ0) is 39.2. The van der Waals surface area contributed by atoms with E-state index in [0.717, 1.165) is 12.0 Å². The molecule has 1 fully saturated rings. The topological polar surface area (TPSA) is 154 Å². The van der Waals surface area contributed by atoms with Gasteiger partial charge in [-0.2, -0.15) is 0 Å². The van der Waals surface area contributed by atoms with Gasteiger partial charge in [-0.1, -0.05) is 76.8 Å². The van der Waals surface area contributed by atoms with Gasteiger partial charge in [0.15, 0.2) is 0 Å². The van der Waals surface area contributed by atoms with Crippen LogP contribution in [0.25, 0.3) is 6.08 Å². The van der Waals surface area contributed by atoms with Crippen LogP contribution < -0.4 is 4.74 Å². The molecule has 2 aromatic rings. The van der Waals surface area contributed by atoms with E-state index in [0.29, 0.717) is 36.5 Å². The Morgan fingerprint density at radius 2 is 1.35 bits per heavy atom. The summed E-state index contributed by atoms with van der Waals surface area (Å²) in [4.78, 5) is 57.7. The first-order chi connectivity index (χ1) is 24.4. The monoisotopic (exact) mass is 720 g/mol. The molecule has 2 bridgehead atoms. The molecule has 284 valence electrons. The molecule has 2 aliphatic rings. The van der Waals surface area contributed by atoms with E-state index in [9.17, 15) is 29.1 Å². The molecule has 10 heteroatoms. The number of hydrogen-bond acceptors (Lipinski definition) is 8. The maximum Gasteiger partial charge on any atom is 0.343 e. The van der Waals surface area contributed by atoms with Crippen LogP contribution in [0.4, 0.5) is 0 Å². The van der Waals surface area contributed by atoms with Gasteiger partial charge in [-0.05, 0) is 107 Å². The lowest BCUT2D eigenvalue weighted by molar-refractivity contribution is -0.163. The Morgan fingerprint density at radius 3 is 1.81 bits per heavy atom. The Kier molecular flexibility index (Phi) is 16.5. The first-order valence-electron chi connectivity index (χ1n) is 17.9. The molecule has 0 aromatic heterocycles. The second-order valence-electron chi connectivity index (χ2n) is 14.5. The van der Waals surface area contributed by atoms with Gasteiger partial charge in [0.2, 0.25) is 0 Å². The number of allylic oxidation sites excluding steroid dienone is 2. The Morgan fingerprint density at radius 1 is 0.808 bits per heavy atom. The quantitative estimate of drug-likeness (QED) is 0.0839. The van der Waals surface area contributed by atoms with Crippen molar-refractivity contribution >= 4 is 35.9 Å². The van der Waals surface area contributed by atoms with Crippen LogP contribution in [-0.4, -0.2) is 53.3 Å². The van der Waals surface area contributed by atoms with Crippen molar-refractivity contribution < 1.29 is 48.4 Å². The van der Waals surface area contributed by atoms with Crippen LogP contribution in [0.1, 0.15) is 108 Å². The molecule has 2 aliphatic carbocycles. The number of carboxylic acid groups (broad SMARTS) is 2. The minimum atomic E-state index is -0.958. The zero-order valence-corrected chi connectivity index (χ0v) is 31.8. The number of hydrogen-bond donors (Lipinski definition) is 2. The number of fused-ring (bicyclic) bond motifs is 2. The van der Waals surface area contributed by atoms with Crippen LogP contribution in [0.5, 0.6) is 5.75 Å². The predicted octanol–water partition coefficient (Wildman–Crippen LogP) is 8.60. The first-order valence-corrected chi connectivity index (χ1v) is 17.9. The van der Waals surface area contributed by atoms with Crippen molar-refractivity contribution in [1.29, 1.82) is 0 Å². The van der Waals surface area contributed by atoms with Crippen LogP contribution in [0.2, 0.25) is 0 Å². The van der Waals surface area contributed by atoms with Gasteiger partial charge < -0.3 is 24.4 Å². The molecule has 4 rings (SSSR count). The number of aliphatic carboxylic acids is 2. The van der Waals surface area contributed by atoms with E-state index in [-0.39, 0.29) is 37.0 Å². The molecule has 2 N–H and O–H groups in total. The van der Waals surface area contributed by atoms with Crippen LogP contribution in [0.15, 0.2) is 67.3 Å². The average Bonchev–Trinajstić information content (AvgIpc) is 3.76. The highest BCUT2D eigenvalue weighted by atomic mass is 16.6. The molecule has 0 heterocycles. The number of rotatable bonds is 14. The van der Waals surface area contributed by atoms with Crippen molar-refractivity contribution in [3.05, 3.63) is 84.0 Å². The van der Waals surface area contributed by atoms with E-state index >= 15 is 0 Å². The number of carboxylic acids is 2. The van der Waals surface area contributed by atoms with Crippen molar-refractivity contribution in [2.24, 2.45) is 34.5 Å². The summed E-state index contributed by atoms with van der Waals surface area (Å²) in [7, 11) is 0. The molecule has 0 amide bonds. The summed E-state index contributed by atoms with van der Waals surface area (Å²) < 4.78 is 15.6. The first kappa shape index (κ1) is 43.4. The minimum Gasteiger partial charge on any atom is -0.481 e. The molecule has 5 unspecified atom stereocenters. The van der Waals surface area contributed by atoms with Gasteiger partial charge in [0.1, 0.15) is 19.0 Å². The summed E-state index contributed by atoms with van der Waals surface area (Å²) in [6.45, 7) is 18.7. The molecule has 5 atom stereocenters. The normalized spacial score (nSPS) is 19.2. The van der Waals surface area contributed by atoms with E-state index in [1.54, 1.807) is 45.9 Å². The second kappa shape index (κ2) is 19.8. The van der Waals surface area contributed by atoms with E-state index in [4.69, 9.17) is 19.3 Å². The molecular weight excluding hydrogens is 664 g/mol. The standard InChI is InChI=1S/C19H20O2.C17H24O6.C6H12O2/c1-4-14(3)16-8-10-17(11-9-16)19(20)21-18-12-6-15(5-2)7-13-18;1-4-17(2,3)16(21)23-8-7-22-15(20)13-11-6-5-10(9-11)12(13)14(18)19;1-4-6(2,3)5(7)8/h5-14H,2,4H2,1,3H3;5-6,10-13H,4,7-9H2,1-3H3,(H,18,19);4H2,1-3H3,(H,7,8). The summed E-state index contributed by atoms with van der Waals surface area (Å²) in [6, 6.07) is 14.9. The van der Waals surface area contributed by atoms with Crippen molar-refractivity contribution in [3.8, 4) is 5.75 Å². The highest BCUT2D eigenvalue weighted by Gasteiger charge is 2.52. The molecular formula is C42H56O10. The Bertz CT molecular complexity index is 1550. The maximum atomic E-state index is 12.2. The lowest BCUT2D eigenvalue weighted by atomic mass is 9.83. The van der Waals surface area contributed by atoms with Crippen LogP contribution in [-0.2, 0) is 28.7 Å². The highest BCUT2D eigenvalue weighted by Crippen LogP contribution is 2.48. The predicted molar refractivity (Wildman–Crippen MR) is 200 cm³/mol. The van der Waals surface area contributed by atoms with Gasteiger partial charge in [-0.25, -0.2) is 4.79 Å². The second-order valence-corrected chi connectivity index (χ2v) is 14.5. The molecule has 1 saturated carbocycles. The summed E-state index contributed by atoms with van der Waals surface area (Å²) >= 11 is 0. The van der Waals surface area contributed by atoms with Crippen LogP contribution >= 0.6 is 0 Å². The Hall–Kier alpha value is -4.73. The molecule has 0 aliphatic heterocycles. The molecule has 0 radical (unpaired) electrons. The largest absolute Gasteiger partial charge is 0.481 e. The fraction of sp³-hybridized carbons (Fsp3) is 0.500. The molecule has 0 spiro atoms. The molecule has 10 nitrogen and oxygen atoms in total. The molecule has 0 saturated heterocycles. The number of ether oxygens (including phenoxy) is 3. The van der Waals surface area contributed by atoms with E-state index < -0.39 is 40.6 Å². The SMILES string of the molecule is C=Cc1ccc(OC(=O)c2ccc(C(C)CC)cc2)cc1.CCC(C)(C)C(=O)O.CCC(C)(C)C(=O)OCCOC(=O)C1C2C=CC(C2)C1C(=O)O. The fourth-order valence-corrected chi connectivity index (χ4v) is 5.37. The van der Waals surface area contributed by atoms with Gasteiger partial charge in [-0.15, -0.1) is 0 Å². The van der Waals surface area contributed by atoms with E-state index in [2.05, 4.69) is 20.4 Å². The molecule has 2 aromatic carbocycles. The third-order valence-corrected chi connectivity index (χ3v) is 10.1. The average molecular weight is 721 g/mol. The number of benzene rings is 2. The lowest BCUT2D eigenvalue weighted by Gasteiger charge is -2.23. The zero-order valence-electron chi connectivity index (χ0n) is 31.8. The highest BCUT2D eigenvalue weighted by molar-refractivity contribution is 5.91. The minimum absolute atomic E-state index is 0.0115. The summed E-state index contributed by atoms with van der Waals surface area (Å²) in [6.07, 6.45) is 8.64. The van der Waals surface area contributed by atoms with E-state index in [1.165, 1.54) is 5.56 Å². The maximum absolute atomic E-state index is 12.2. The lowest BCUT2D eigenvalue weighted by Crippen LogP contribution is -2.35. The smallest absolute Gasteiger partial charge is 0.343 e. The summed E-state index contributed by atoms with van der Waals surface area (Å²) in [5.41, 5.74) is 1.69. The number of carbonyl (C=O) groups excluding carboxylic acids is 3. The van der Waals surface area contributed by atoms with Crippen molar-refractivity contribution in [2.45, 2.75) is 87.0 Å². The van der Waals surface area contributed by atoms with Crippen molar-refractivity contribution in [2.75, 3.05) is 13.2 Å². The third-order valence-electron chi connectivity index (χ3n) is 10.1. The summed E-state index contributed by atoms with van der Waals surface area (Å²) in [5.74, 6) is -3.31. The van der Waals surface area contributed by atoms with Gasteiger partial charge in [-0.3, -0.25) is 19.2 Å². The van der Waals surface area contributed by atoms with Gasteiger partial charge in [0.25, 0.3) is 0 Å². The van der Waals surface area contributed by atoms with Gasteiger partial charge >= 0.3 is 29.8 Å². The Labute approximate surface area is 308 Å². The van der Waals surface area contributed by atoms with Crippen LogP contribution in [0.3, 0.4) is 0 Å². The van der Waals surface area contributed by atoms with Gasteiger partial charge in [0, 0.05) is 0 Å².